The summed E-state index contributed by atoms with van der Waals surface area (Å²) in [5, 5.41) is 20.0. The Hall–Kier alpha value is -1.92. The number of carbonyl (C=O) groups is 2. The van der Waals surface area contributed by atoms with Crippen LogP contribution in [0.2, 0.25) is 0 Å². The number of hydrogen-bond donors (Lipinski definition) is 4. The minimum atomic E-state index is -1.45. The topological polar surface area (TPSA) is 113 Å². The van der Waals surface area contributed by atoms with Gasteiger partial charge in [-0.1, -0.05) is 12.1 Å². The van der Waals surface area contributed by atoms with Gasteiger partial charge in [0, 0.05) is 25.1 Å². The summed E-state index contributed by atoms with van der Waals surface area (Å²) in [4.78, 5) is 22.0. The van der Waals surface area contributed by atoms with E-state index in [1.54, 1.807) is 24.3 Å². The maximum atomic E-state index is 11.6. The van der Waals surface area contributed by atoms with Crippen LogP contribution in [0.5, 0.6) is 0 Å². The van der Waals surface area contributed by atoms with Crippen LogP contribution in [-0.4, -0.2) is 34.7 Å². The molecule has 1 amide bonds. The third kappa shape index (κ3) is 4.15. The zero-order valence-corrected chi connectivity index (χ0v) is 9.80. The van der Waals surface area contributed by atoms with Crippen molar-refractivity contribution in [1.29, 1.82) is 0 Å². The fourth-order valence-electron chi connectivity index (χ4n) is 1.34. The van der Waals surface area contributed by atoms with Crippen molar-refractivity contribution < 1.29 is 19.8 Å². The number of nitrogens with two attached hydrogens (primary N) is 1. The van der Waals surface area contributed by atoms with E-state index in [9.17, 15) is 9.59 Å². The molecule has 98 valence electrons. The number of carbonyl (C=O) groups excluding carboxylic acids is 1. The molecule has 0 aromatic heterocycles. The van der Waals surface area contributed by atoms with Gasteiger partial charge in [-0.2, -0.15) is 0 Å². The number of aliphatic hydroxyl groups is 1. The molecule has 0 aliphatic carbocycles. The molecule has 1 aromatic rings. The molecule has 0 spiro atoms. The molecule has 0 saturated heterocycles. The Bertz CT molecular complexity index is 417. The van der Waals surface area contributed by atoms with Crippen molar-refractivity contribution in [2.45, 2.75) is 19.1 Å². The minimum Gasteiger partial charge on any atom is -0.479 e. The lowest BCUT2D eigenvalue weighted by atomic mass is 10.1. The molecule has 0 aliphatic heterocycles. The number of carboxylic acid groups (broad SMARTS) is 1. The van der Waals surface area contributed by atoms with Crippen LogP contribution in [0.1, 0.15) is 22.3 Å². The monoisotopic (exact) mass is 252 g/mol. The molecule has 1 atom stereocenters. The zero-order valence-electron chi connectivity index (χ0n) is 9.80. The maximum absolute atomic E-state index is 11.6. The predicted octanol–water partition coefficient (Wildman–Crippen LogP) is -0.289. The molecule has 0 aliphatic rings. The second kappa shape index (κ2) is 6.73. The second-order valence-electron chi connectivity index (χ2n) is 3.80. The van der Waals surface area contributed by atoms with Crippen LogP contribution in [-0.2, 0) is 11.3 Å². The summed E-state index contributed by atoms with van der Waals surface area (Å²) < 4.78 is 0. The van der Waals surface area contributed by atoms with Gasteiger partial charge in [-0.25, -0.2) is 4.79 Å². The Morgan fingerprint density at radius 2 is 1.89 bits per heavy atom. The van der Waals surface area contributed by atoms with Crippen molar-refractivity contribution in [3.63, 3.8) is 0 Å². The predicted molar refractivity (Wildman–Crippen MR) is 64.9 cm³/mol. The van der Waals surface area contributed by atoms with Gasteiger partial charge in [-0.15, -0.1) is 0 Å². The van der Waals surface area contributed by atoms with Crippen molar-refractivity contribution in [2.75, 3.05) is 6.54 Å². The van der Waals surface area contributed by atoms with Crippen molar-refractivity contribution in [1.82, 2.24) is 5.32 Å². The van der Waals surface area contributed by atoms with Gasteiger partial charge in [-0.05, 0) is 17.7 Å². The van der Waals surface area contributed by atoms with Crippen LogP contribution in [0.4, 0.5) is 0 Å². The van der Waals surface area contributed by atoms with Crippen molar-refractivity contribution in [3.8, 4) is 0 Å². The lowest BCUT2D eigenvalue weighted by Gasteiger charge is -2.07. The summed E-state index contributed by atoms with van der Waals surface area (Å²) in [5.41, 5.74) is 6.83. The Morgan fingerprint density at radius 1 is 1.28 bits per heavy atom. The second-order valence-corrected chi connectivity index (χ2v) is 3.80. The van der Waals surface area contributed by atoms with Gasteiger partial charge >= 0.3 is 5.97 Å². The third-order valence-electron chi connectivity index (χ3n) is 2.44. The number of hydrogen-bond acceptors (Lipinski definition) is 4. The molecule has 0 bridgehead atoms. The first-order valence-corrected chi connectivity index (χ1v) is 5.52. The summed E-state index contributed by atoms with van der Waals surface area (Å²) in [5.74, 6) is -1.60. The molecule has 0 saturated carbocycles. The Labute approximate surface area is 104 Å². The summed E-state index contributed by atoms with van der Waals surface area (Å²) in [6.45, 7) is 0.512. The standard InChI is InChI=1S/C12H16N2O4/c13-7-8-1-3-9(4-2-8)11(16)14-6-5-10(15)12(17)18/h1-4,10,15H,5-7,13H2,(H,14,16)(H,17,18)/t10-/m0/s1. The molecule has 0 unspecified atom stereocenters. The van der Waals surface area contributed by atoms with Gasteiger partial charge in [0.15, 0.2) is 6.10 Å². The van der Waals surface area contributed by atoms with Gasteiger partial charge in [0.2, 0.25) is 0 Å². The Kier molecular flexibility index (Phi) is 5.29. The molecule has 6 nitrogen and oxygen atoms in total. The fourth-order valence-corrected chi connectivity index (χ4v) is 1.34. The largest absolute Gasteiger partial charge is 0.479 e. The van der Waals surface area contributed by atoms with E-state index in [4.69, 9.17) is 15.9 Å². The number of amides is 1. The van der Waals surface area contributed by atoms with Gasteiger partial charge in [-0.3, -0.25) is 4.79 Å². The normalized spacial score (nSPS) is 11.9. The van der Waals surface area contributed by atoms with Gasteiger partial charge < -0.3 is 21.3 Å². The number of nitrogens with one attached hydrogen (secondary N) is 1. The Balaban J connectivity index is 2.42. The highest BCUT2D eigenvalue weighted by molar-refractivity contribution is 5.94. The maximum Gasteiger partial charge on any atom is 0.332 e. The van der Waals surface area contributed by atoms with Crippen LogP contribution in [0.15, 0.2) is 24.3 Å². The van der Waals surface area contributed by atoms with Gasteiger partial charge in [0.25, 0.3) is 5.91 Å². The van der Waals surface area contributed by atoms with Crippen LogP contribution in [0.3, 0.4) is 0 Å². The highest BCUT2D eigenvalue weighted by atomic mass is 16.4. The third-order valence-corrected chi connectivity index (χ3v) is 2.44. The van der Waals surface area contributed by atoms with Crippen LogP contribution in [0.25, 0.3) is 0 Å². The van der Waals surface area contributed by atoms with E-state index in [0.29, 0.717) is 12.1 Å². The first kappa shape index (κ1) is 14.1. The van der Waals surface area contributed by atoms with Gasteiger partial charge in [0.05, 0.1) is 0 Å². The molecule has 5 N–H and O–H groups in total. The number of rotatable bonds is 6. The van der Waals surface area contributed by atoms with Crippen LogP contribution >= 0.6 is 0 Å². The molecule has 0 fully saturated rings. The highest BCUT2D eigenvalue weighted by Gasteiger charge is 2.13. The first-order valence-electron chi connectivity index (χ1n) is 5.52. The first-order chi connectivity index (χ1) is 8.54. The van der Waals surface area contributed by atoms with Crippen molar-refractivity contribution >= 4 is 11.9 Å². The van der Waals surface area contributed by atoms with Crippen molar-refractivity contribution in [2.24, 2.45) is 5.73 Å². The fraction of sp³-hybridized carbons (Fsp3) is 0.333. The smallest absolute Gasteiger partial charge is 0.332 e. The number of aliphatic carboxylic acids is 1. The number of carboxylic acids is 1. The SMILES string of the molecule is NCc1ccc(C(=O)NCC[C@H](O)C(=O)O)cc1. The van der Waals surface area contributed by atoms with E-state index in [2.05, 4.69) is 5.32 Å². The van der Waals surface area contributed by atoms with E-state index in [1.165, 1.54) is 0 Å². The molecular weight excluding hydrogens is 236 g/mol. The molecule has 1 rings (SSSR count). The van der Waals surface area contributed by atoms with E-state index in [1.807, 2.05) is 0 Å². The molecular formula is C12H16N2O4. The quantitative estimate of drug-likeness (QED) is 0.555. The van der Waals surface area contributed by atoms with Crippen molar-refractivity contribution in [3.05, 3.63) is 35.4 Å². The highest BCUT2D eigenvalue weighted by Crippen LogP contribution is 2.03. The van der Waals surface area contributed by atoms with E-state index in [-0.39, 0.29) is 18.9 Å². The number of aliphatic hydroxyl groups excluding tert-OH is 1. The zero-order chi connectivity index (χ0) is 13.5. The summed E-state index contributed by atoms with van der Waals surface area (Å²) in [6, 6.07) is 6.79. The Morgan fingerprint density at radius 3 is 2.39 bits per heavy atom. The van der Waals surface area contributed by atoms with Gasteiger partial charge in [0.1, 0.15) is 0 Å². The minimum absolute atomic E-state index is 0.0258. The molecule has 1 aromatic carbocycles. The molecule has 0 radical (unpaired) electrons. The molecule has 0 heterocycles. The molecule has 18 heavy (non-hydrogen) atoms. The van der Waals surface area contributed by atoms with Crippen LogP contribution in [0, 0.1) is 0 Å². The lowest BCUT2D eigenvalue weighted by Crippen LogP contribution is -2.30. The number of benzene rings is 1. The average Bonchev–Trinajstić information content (AvgIpc) is 2.38. The van der Waals surface area contributed by atoms with E-state index < -0.39 is 12.1 Å². The average molecular weight is 252 g/mol. The summed E-state index contributed by atoms with van der Waals surface area (Å²) in [7, 11) is 0. The summed E-state index contributed by atoms with van der Waals surface area (Å²) in [6.07, 6.45) is -1.48. The van der Waals surface area contributed by atoms with Crippen LogP contribution < -0.4 is 11.1 Å². The molecule has 6 heteroatoms. The van der Waals surface area contributed by atoms with E-state index in [0.717, 1.165) is 5.56 Å². The lowest BCUT2D eigenvalue weighted by molar-refractivity contribution is -0.146. The van der Waals surface area contributed by atoms with E-state index >= 15 is 0 Å². The summed E-state index contributed by atoms with van der Waals surface area (Å²) >= 11 is 0.